The zero-order valence-electron chi connectivity index (χ0n) is 12.9. The molecule has 3 rings (SSSR count). The topological polar surface area (TPSA) is 6.48 Å². The van der Waals surface area contributed by atoms with Crippen molar-refractivity contribution in [2.45, 2.75) is 12.5 Å². The molecule has 1 atom stereocenters. The first kappa shape index (κ1) is 14.8. The Kier molecular flexibility index (Phi) is 4.25. The average molecular weight is 308 g/mol. The van der Waals surface area contributed by atoms with Gasteiger partial charge in [0.05, 0.1) is 6.04 Å². The molecule has 0 saturated carbocycles. The predicted molar refractivity (Wildman–Crippen MR) is 97.1 cm³/mol. The molecule has 2 nitrogen and oxygen atoms in total. The quantitative estimate of drug-likeness (QED) is 0.776. The predicted octanol–water partition coefficient (Wildman–Crippen LogP) is 4.41. The van der Waals surface area contributed by atoms with Gasteiger partial charge >= 0.3 is 0 Å². The van der Waals surface area contributed by atoms with Gasteiger partial charge in [-0.25, -0.2) is 0 Å². The molecule has 0 unspecified atom stereocenters. The summed E-state index contributed by atoms with van der Waals surface area (Å²) in [7, 11) is 4.16. The van der Waals surface area contributed by atoms with Gasteiger partial charge in [0.1, 0.15) is 4.99 Å². The lowest BCUT2D eigenvalue weighted by atomic mass is 9.96. The maximum Gasteiger partial charge on any atom is 0.108 e. The van der Waals surface area contributed by atoms with Crippen LogP contribution in [0.25, 0.3) is 0 Å². The number of hydrogen-bond donors (Lipinski definition) is 0. The highest BCUT2D eigenvalue weighted by molar-refractivity contribution is 7.81. The summed E-state index contributed by atoms with van der Waals surface area (Å²) < 4.78 is 0. The van der Waals surface area contributed by atoms with Gasteiger partial charge in [-0.1, -0.05) is 60.7 Å². The summed E-state index contributed by atoms with van der Waals surface area (Å²) in [4.78, 5) is 5.29. The number of thiocarbonyl (C=S) groups is 1. The van der Waals surface area contributed by atoms with E-state index in [0.29, 0.717) is 0 Å². The van der Waals surface area contributed by atoms with E-state index in [1.807, 2.05) is 6.07 Å². The average Bonchev–Trinajstić information content (AvgIpc) is 2.55. The van der Waals surface area contributed by atoms with E-state index in [4.69, 9.17) is 12.2 Å². The van der Waals surface area contributed by atoms with E-state index in [-0.39, 0.29) is 6.04 Å². The van der Waals surface area contributed by atoms with E-state index in [2.05, 4.69) is 84.6 Å². The first-order valence-corrected chi connectivity index (χ1v) is 7.89. The monoisotopic (exact) mass is 308 g/mol. The van der Waals surface area contributed by atoms with Gasteiger partial charge in [0.25, 0.3) is 0 Å². The Bertz CT molecular complexity index is 677. The summed E-state index contributed by atoms with van der Waals surface area (Å²) in [5.74, 6) is 0. The van der Waals surface area contributed by atoms with Gasteiger partial charge in [-0.3, -0.25) is 0 Å². The molecule has 0 N–H and O–H groups in total. The third-order valence-corrected chi connectivity index (χ3v) is 4.35. The third-order valence-electron chi connectivity index (χ3n) is 4.03. The maximum absolute atomic E-state index is 5.71. The van der Waals surface area contributed by atoms with Crippen molar-refractivity contribution in [1.82, 2.24) is 4.90 Å². The van der Waals surface area contributed by atoms with Crippen LogP contribution in [0.1, 0.15) is 18.0 Å². The normalized spacial score (nSPS) is 18.1. The zero-order valence-corrected chi connectivity index (χ0v) is 13.8. The molecule has 0 aromatic heterocycles. The van der Waals surface area contributed by atoms with Gasteiger partial charge in [-0.15, -0.1) is 0 Å². The summed E-state index contributed by atoms with van der Waals surface area (Å²) in [5.41, 5.74) is 3.71. The van der Waals surface area contributed by atoms with Crippen LogP contribution < -0.4 is 4.90 Å². The fourth-order valence-electron chi connectivity index (χ4n) is 2.86. The Morgan fingerprint density at radius 1 is 0.955 bits per heavy atom. The minimum Gasteiger partial charge on any atom is -0.381 e. The Balaban J connectivity index is 2.06. The number of anilines is 1. The van der Waals surface area contributed by atoms with E-state index >= 15 is 0 Å². The lowest BCUT2D eigenvalue weighted by Gasteiger charge is -2.39. The highest BCUT2D eigenvalue weighted by Gasteiger charge is 2.29. The first-order chi connectivity index (χ1) is 10.7. The van der Waals surface area contributed by atoms with Crippen LogP contribution in [0.4, 0.5) is 5.69 Å². The Morgan fingerprint density at radius 3 is 2.14 bits per heavy atom. The molecule has 0 bridgehead atoms. The van der Waals surface area contributed by atoms with E-state index in [1.54, 1.807) is 0 Å². The van der Waals surface area contributed by atoms with Gasteiger partial charge in [0.2, 0.25) is 0 Å². The van der Waals surface area contributed by atoms with Crippen molar-refractivity contribution in [3.8, 4) is 0 Å². The van der Waals surface area contributed by atoms with Crippen LogP contribution in [-0.2, 0) is 0 Å². The van der Waals surface area contributed by atoms with Gasteiger partial charge in [-0.05, 0) is 23.8 Å². The highest BCUT2D eigenvalue weighted by Crippen LogP contribution is 2.36. The molecule has 1 heterocycles. The highest BCUT2D eigenvalue weighted by atomic mass is 32.1. The molecule has 0 amide bonds. The fourth-order valence-corrected chi connectivity index (χ4v) is 3.23. The molecule has 1 aliphatic rings. The summed E-state index contributed by atoms with van der Waals surface area (Å²) in [6.45, 7) is 0. The van der Waals surface area contributed by atoms with Gasteiger partial charge < -0.3 is 9.80 Å². The molecule has 112 valence electrons. The van der Waals surface area contributed by atoms with Crippen LogP contribution in [0.5, 0.6) is 0 Å². The second kappa shape index (κ2) is 6.32. The number of nitrogens with zero attached hydrogens (tertiary/aromatic N) is 2. The van der Waals surface area contributed by atoms with Crippen LogP contribution in [0.2, 0.25) is 0 Å². The maximum atomic E-state index is 5.71. The van der Waals surface area contributed by atoms with Crippen LogP contribution in [0, 0.1) is 0 Å². The smallest absolute Gasteiger partial charge is 0.108 e. The summed E-state index contributed by atoms with van der Waals surface area (Å²) >= 11 is 5.71. The second-order valence-corrected chi connectivity index (χ2v) is 6.12. The number of para-hydroxylation sites is 1. The SMILES string of the molecule is CN(C)C1=CC(=S)N(c2ccccc2)[C@H](c2ccccc2)C1. The molecule has 0 radical (unpaired) electrons. The standard InChI is InChI=1S/C19H20N2S/c1-20(2)17-13-18(15-9-5-3-6-10-15)21(19(22)14-17)16-11-7-4-8-12-16/h3-12,14,18H,13H2,1-2H3/t18-/m0/s1. The second-order valence-electron chi connectivity index (χ2n) is 5.70. The van der Waals surface area contributed by atoms with E-state index < -0.39 is 0 Å². The summed E-state index contributed by atoms with van der Waals surface area (Å²) in [6, 6.07) is 21.2. The number of rotatable bonds is 3. The molecule has 0 aliphatic carbocycles. The molecule has 2 aromatic carbocycles. The minimum atomic E-state index is 0.235. The van der Waals surface area contributed by atoms with Crippen molar-refractivity contribution in [2.24, 2.45) is 0 Å². The lowest BCUT2D eigenvalue weighted by molar-refractivity contribution is 0.463. The van der Waals surface area contributed by atoms with Gasteiger partial charge in [-0.2, -0.15) is 0 Å². The largest absolute Gasteiger partial charge is 0.381 e. The van der Waals surface area contributed by atoms with Crippen molar-refractivity contribution in [1.29, 1.82) is 0 Å². The summed E-state index contributed by atoms with van der Waals surface area (Å²) in [6.07, 6.45) is 3.06. The van der Waals surface area contributed by atoms with Crippen molar-refractivity contribution in [3.63, 3.8) is 0 Å². The first-order valence-electron chi connectivity index (χ1n) is 7.48. The Morgan fingerprint density at radius 2 is 1.55 bits per heavy atom. The van der Waals surface area contributed by atoms with Crippen molar-refractivity contribution < 1.29 is 0 Å². The fraction of sp³-hybridized carbons (Fsp3) is 0.211. The number of hydrogen-bond acceptors (Lipinski definition) is 2. The lowest BCUT2D eigenvalue weighted by Crippen LogP contribution is -2.38. The third kappa shape index (κ3) is 2.90. The molecule has 0 fully saturated rings. The van der Waals surface area contributed by atoms with E-state index in [9.17, 15) is 0 Å². The zero-order chi connectivity index (χ0) is 15.5. The molecule has 3 heteroatoms. The Hall–Kier alpha value is -2.13. The van der Waals surface area contributed by atoms with Crippen molar-refractivity contribution in [2.75, 3.05) is 19.0 Å². The molecule has 0 spiro atoms. The van der Waals surface area contributed by atoms with E-state index in [1.165, 1.54) is 11.3 Å². The Labute approximate surface area is 137 Å². The van der Waals surface area contributed by atoms with Crippen LogP contribution in [0.3, 0.4) is 0 Å². The minimum absolute atomic E-state index is 0.235. The molecular weight excluding hydrogens is 288 g/mol. The molecule has 2 aromatic rings. The van der Waals surface area contributed by atoms with Gasteiger partial charge in [0.15, 0.2) is 0 Å². The molecular formula is C19H20N2S. The van der Waals surface area contributed by atoms with Gasteiger partial charge in [0, 0.05) is 31.9 Å². The van der Waals surface area contributed by atoms with Crippen molar-refractivity contribution in [3.05, 3.63) is 78.0 Å². The molecule has 1 aliphatic heterocycles. The van der Waals surface area contributed by atoms with Crippen LogP contribution in [0.15, 0.2) is 72.4 Å². The van der Waals surface area contributed by atoms with Crippen LogP contribution >= 0.6 is 12.2 Å². The van der Waals surface area contributed by atoms with Crippen LogP contribution in [-0.4, -0.2) is 24.0 Å². The van der Waals surface area contributed by atoms with E-state index in [0.717, 1.165) is 17.1 Å². The molecule has 22 heavy (non-hydrogen) atoms. The van der Waals surface area contributed by atoms with Crippen molar-refractivity contribution >= 4 is 22.9 Å². The number of benzene rings is 2. The summed E-state index contributed by atoms with van der Waals surface area (Å²) in [5, 5.41) is 0. The molecule has 0 saturated heterocycles.